The lowest BCUT2D eigenvalue weighted by Gasteiger charge is -2.29. The number of carbonyl (C=O) groups excluding carboxylic acids is 1. The minimum absolute atomic E-state index is 0.161. The topological polar surface area (TPSA) is 23.6 Å². The number of thioether (sulfide) groups is 2. The molecular weight excluding hydrogens is 320 g/mol. The fraction of sp³-hybridized carbons (Fsp3) is 0.467. The number of hydrogen-bond acceptors (Lipinski definition) is 4. The molecule has 0 aliphatic carbocycles. The number of thiocarbonyl (C=S) groups is 1. The van der Waals surface area contributed by atoms with E-state index in [4.69, 9.17) is 12.2 Å². The summed E-state index contributed by atoms with van der Waals surface area (Å²) in [7, 11) is 0. The number of para-hydroxylation sites is 1. The summed E-state index contributed by atoms with van der Waals surface area (Å²) >= 11 is 8.75. The molecule has 0 aromatic heterocycles. The quantitative estimate of drug-likeness (QED) is 0.771. The standard InChI is InChI=1S/C15H18N2OS3/c18-14(11-21-15(19)16-7-3-4-8-16)17-9-10-20-13-6-2-1-5-12(13)17/h1-2,5-6H,3-4,7-11H2. The summed E-state index contributed by atoms with van der Waals surface area (Å²) in [6, 6.07) is 8.13. The maximum absolute atomic E-state index is 12.5. The van der Waals surface area contributed by atoms with Crippen LogP contribution in [0.2, 0.25) is 0 Å². The van der Waals surface area contributed by atoms with Crippen LogP contribution in [0.1, 0.15) is 12.8 Å². The van der Waals surface area contributed by atoms with Gasteiger partial charge in [-0.25, -0.2) is 0 Å². The van der Waals surface area contributed by atoms with Gasteiger partial charge in [-0.05, 0) is 25.0 Å². The lowest BCUT2D eigenvalue weighted by Crippen LogP contribution is -2.37. The highest BCUT2D eigenvalue weighted by atomic mass is 32.2. The molecule has 0 unspecified atom stereocenters. The maximum atomic E-state index is 12.5. The molecule has 1 amide bonds. The van der Waals surface area contributed by atoms with Crippen molar-refractivity contribution in [3.63, 3.8) is 0 Å². The van der Waals surface area contributed by atoms with E-state index in [1.165, 1.54) is 29.5 Å². The number of benzene rings is 1. The second-order valence-corrected chi connectivity index (χ2v) is 7.86. The Labute approximate surface area is 139 Å². The van der Waals surface area contributed by atoms with Gasteiger partial charge in [-0.1, -0.05) is 36.1 Å². The Balaban J connectivity index is 1.60. The van der Waals surface area contributed by atoms with E-state index in [1.807, 2.05) is 34.9 Å². The number of carbonyl (C=O) groups is 1. The summed E-state index contributed by atoms with van der Waals surface area (Å²) < 4.78 is 0.875. The normalized spacial score (nSPS) is 17.7. The lowest BCUT2D eigenvalue weighted by atomic mass is 10.3. The van der Waals surface area contributed by atoms with Crippen LogP contribution in [0, 0.1) is 0 Å². The zero-order valence-corrected chi connectivity index (χ0v) is 14.2. The average Bonchev–Trinajstić information content (AvgIpc) is 3.06. The average molecular weight is 339 g/mol. The minimum atomic E-state index is 0.161. The number of amides is 1. The van der Waals surface area contributed by atoms with Crippen molar-refractivity contribution >= 4 is 51.7 Å². The molecular formula is C15H18N2OS3. The molecule has 2 heterocycles. The largest absolute Gasteiger partial charge is 0.358 e. The summed E-state index contributed by atoms with van der Waals surface area (Å²) in [6.45, 7) is 2.88. The SMILES string of the molecule is O=C(CSC(=S)N1CCCC1)N1CCSc2ccccc21. The van der Waals surface area contributed by atoms with E-state index in [0.29, 0.717) is 5.75 Å². The van der Waals surface area contributed by atoms with Crippen LogP contribution >= 0.6 is 35.7 Å². The second kappa shape index (κ2) is 7.03. The lowest BCUT2D eigenvalue weighted by molar-refractivity contribution is -0.116. The molecule has 0 N–H and O–H groups in total. The summed E-state index contributed by atoms with van der Waals surface area (Å²) in [5, 5.41) is 0. The van der Waals surface area contributed by atoms with Gasteiger partial charge in [-0.2, -0.15) is 0 Å². The number of likely N-dealkylation sites (tertiary alicyclic amines) is 1. The first-order valence-electron chi connectivity index (χ1n) is 7.19. The summed E-state index contributed by atoms with van der Waals surface area (Å²) in [5.74, 6) is 1.56. The van der Waals surface area contributed by atoms with Crippen LogP contribution in [0.25, 0.3) is 0 Å². The molecule has 21 heavy (non-hydrogen) atoms. The Kier molecular flexibility index (Phi) is 5.08. The molecule has 1 fully saturated rings. The monoisotopic (exact) mass is 338 g/mol. The molecule has 0 spiro atoms. The second-order valence-electron chi connectivity index (χ2n) is 5.11. The van der Waals surface area contributed by atoms with Crippen molar-refractivity contribution in [2.24, 2.45) is 0 Å². The van der Waals surface area contributed by atoms with E-state index >= 15 is 0 Å². The Morgan fingerprint density at radius 2 is 2.00 bits per heavy atom. The van der Waals surface area contributed by atoms with Crippen molar-refractivity contribution in [3.05, 3.63) is 24.3 Å². The Hall–Kier alpha value is -0.720. The highest BCUT2D eigenvalue weighted by molar-refractivity contribution is 8.23. The highest BCUT2D eigenvalue weighted by Crippen LogP contribution is 2.34. The minimum Gasteiger partial charge on any atom is -0.358 e. The molecule has 2 aliphatic heterocycles. The van der Waals surface area contributed by atoms with Crippen LogP contribution in [0.4, 0.5) is 5.69 Å². The third-order valence-electron chi connectivity index (χ3n) is 3.71. The van der Waals surface area contributed by atoms with Crippen LogP contribution in [-0.4, -0.2) is 46.3 Å². The van der Waals surface area contributed by atoms with Crippen LogP contribution < -0.4 is 4.90 Å². The first-order valence-corrected chi connectivity index (χ1v) is 9.57. The molecule has 1 saturated heterocycles. The van der Waals surface area contributed by atoms with Gasteiger partial charge in [0.2, 0.25) is 5.91 Å². The molecule has 0 radical (unpaired) electrons. The number of rotatable bonds is 2. The first-order chi connectivity index (χ1) is 10.3. The van der Waals surface area contributed by atoms with E-state index in [9.17, 15) is 4.79 Å². The maximum Gasteiger partial charge on any atom is 0.237 e. The Bertz CT molecular complexity index is 543. The van der Waals surface area contributed by atoms with Gasteiger partial charge in [-0.15, -0.1) is 11.8 Å². The van der Waals surface area contributed by atoms with Crippen molar-refractivity contribution in [1.29, 1.82) is 0 Å². The number of fused-ring (bicyclic) bond motifs is 1. The van der Waals surface area contributed by atoms with Crippen molar-refractivity contribution in [3.8, 4) is 0 Å². The smallest absolute Gasteiger partial charge is 0.237 e. The molecule has 0 atom stereocenters. The Morgan fingerprint density at radius 3 is 2.81 bits per heavy atom. The van der Waals surface area contributed by atoms with Gasteiger partial charge in [-0.3, -0.25) is 4.79 Å². The molecule has 3 rings (SSSR count). The van der Waals surface area contributed by atoms with E-state index < -0.39 is 0 Å². The number of nitrogens with zero attached hydrogens (tertiary/aromatic N) is 2. The van der Waals surface area contributed by atoms with Gasteiger partial charge in [0.25, 0.3) is 0 Å². The number of hydrogen-bond donors (Lipinski definition) is 0. The fourth-order valence-electron chi connectivity index (χ4n) is 2.62. The van der Waals surface area contributed by atoms with Crippen molar-refractivity contribution in [2.45, 2.75) is 17.7 Å². The third kappa shape index (κ3) is 3.55. The molecule has 6 heteroatoms. The predicted molar refractivity (Wildman–Crippen MR) is 95.4 cm³/mol. The van der Waals surface area contributed by atoms with E-state index in [1.54, 1.807) is 0 Å². The van der Waals surface area contributed by atoms with Crippen LogP contribution in [-0.2, 0) is 4.79 Å². The third-order valence-corrected chi connectivity index (χ3v) is 6.26. The van der Waals surface area contributed by atoms with E-state index in [0.717, 1.165) is 35.4 Å². The predicted octanol–water partition coefficient (Wildman–Crippen LogP) is 3.24. The van der Waals surface area contributed by atoms with Gasteiger partial charge >= 0.3 is 0 Å². The van der Waals surface area contributed by atoms with E-state index in [-0.39, 0.29) is 5.91 Å². The van der Waals surface area contributed by atoms with Crippen LogP contribution in [0.15, 0.2) is 29.2 Å². The molecule has 112 valence electrons. The zero-order chi connectivity index (χ0) is 14.7. The molecule has 1 aromatic carbocycles. The molecule has 3 nitrogen and oxygen atoms in total. The molecule has 2 aliphatic rings. The van der Waals surface area contributed by atoms with Crippen LogP contribution in [0.3, 0.4) is 0 Å². The molecule has 1 aromatic rings. The van der Waals surface area contributed by atoms with Crippen molar-refractivity contribution in [1.82, 2.24) is 4.90 Å². The van der Waals surface area contributed by atoms with Crippen LogP contribution in [0.5, 0.6) is 0 Å². The van der Waals surface area contributed by atoms with Crippen molar-refractivity contribution < 1.29 is 4.79 Å². The first kappa shape index (κ1) is 15.2. The fourth-order valence-corrected chi connectivity index (χ4v) is 4.74. The summed E-state index contributed by atoms with van der Waals surface area (Å²) in [4.78, 5) is 17.8. The van der Waals surface area contributed by atoms with Gasteiger partial charge < -0.3 is 9.80 Å². The highest BCUT2D eigenvalue weighted by Gasteiger charge is 2.23. The van der Waals surface area contributed by atoms with Crippen molar-refractivity contribution in [2.75, 3.05) is 36.0 Å². The van der Waals surface area contributed by atoms with Gasteiger partial charge in [0.15, 0.2) is 0 Å². The number of anilines is 1. The molecule has 0 saturated carbocycles. The Morgan fingerprint density at radius 1 is 1.24 bits per heavy atom. The summed E-state index contributed by atoms with van der Waals surface area (Å²) in [5.41, 5.74) is 1.05. The summed E-state index contributed by atoms with van der Waals surface area (Å²) in [6.07, 6.45) is 2.43. The molecule has 0 bridgehead atoms. The zero-order valence-electron chi connectivity index (χ0n) is 11.8. The van der Waals surface area contributed by atoms with E-state index in [2.05, 4.69) is 11.0 Å². The van der Waals surface area contributed by atoms with Gasteiger partial charge in [0, 0.05) is 30.3 Å². The van der Waals surface area contributed by atoms with Gasteiger partial charge in [0.05, 0.1) is 11.4 Å². The van der Waals surface area contributed by atoms with Gasteiger partial charge in [0.1, 0.15) is 4.32 Å².